The first-order valence-corrected chi connectivity index (χ1v) is 19.5. The van der Waals surface area contributed by atoms with Crippen LogP contribution < -0.4 is 10.6 Å². The predicted molar refractivity (Wildman–Crippen MR) is 194 cm³/mol. The minimum Gasteiger partial charge on any atom is -0.481 e. The SMILES string of the molecule is CNC(=O)OC[C@@H]1[C@@H]2CCc3nnn(CCOCCOCCOCCNC(=O)C(C)(C)CCCCCCCCCCC(C)(C)C(=O)O)c3CC[C@@H]21. The number of hydrogen-bond acceptors (Lipinski definition) is 9. The highest BCUT2D eigenvalue weighted by atomic mass is 16.6. The standard InChI is InChI=1S/C38H67N5O8/c1-37(2,18-12-10-8-6-7-9-11-13-19-38(3,4)35(45)46)34(44)40-20-22-48-24-26-50-27-25-49-23-21-43-33-17-15-30-29(14-16-32(33)41-42-43)31(30)28-51-36(47)39-5/h29-31H,6-28H2,1-5H3,(H,39,47)(H,40,44)(H,45,46)/t29-,30+,31-/m1/s1. The topological polar surface area (TPSA) is 163 Å². The number of aromatic nitrogens is 3. The molecule has 1 saturated carbocycles. The number of nitrogens with one attached hydrogen (secondary N) is 2. The van der Waals surface area contributed by atoms with Gasteiger partial charge in [0.25, 0.3) is 0 Å². The van der Waals surface area contributed by atoms with Gasteiger partial charge in [-0.25, -0.2) is 9.48 Å². The van der Waals surface area contributed by atoms with Gasteiger partial charge in [0.1, 0.15) is 0 Å². The maximum absolute atomic E-state index is 12.7. The minimum atomic E-state index is -0.714. The Morgan fingerprint density at radius 3 is 1.94 bits per heavy atom. The third kappa shape index (κ3) is 15.4. The van der Waals surface area contributed by atoms with E-state index in [1.165, 1.54) is 25.0 Å². The van der Waals surface area contributed by atoms with Crippen LogP contribution in [0.25, 0.3) is 0 Å². The second-order valence-corrected chi connectivity index (χ2v) is 15.6. The maximum Gasteiger partial charge on any atom is 0.406 e. The van der Waals surface area contributed by atoms with Gasteiger partial charge in [-0.2, -0.15) is 0 Å². The Morgan fingerprint density at radius 1 is 0.784 bits per heavy atom. The molecule has 3 rings (SSSR count). The number of carboxylic acids is 1. The van der Waals surface area contributed by atoms with E-state index < -0.39 is 16.8 Å². The Balaban J connectivity index is 1.10. The lowest BCUT2D eigenvalue weighted by atomic mass is 9.85. The zero-order valence-corrected chi connectivity index (χ0v) is 32.1. The van der Waals surface area contributed by atoms with Crippen molar-refractivity contribution >= 4 is 18.0 Å². The van der Waals surface area contributed by atoms with Crippen LogP contribution in [0.3, 0.4) is 0 Å². The van der Waals surface area contributed by atoms with Crippen molar-refractivity contribution in [1.82, 2.24) is 25.6 Å². The molecule has 0 unspecified atom stereocenters. The number of ether oxygens (including phenoxy) is 4. The van der Waals surface area contributed by atoms with Gasteiger partial charge in [-0.15, -0.1) is 5.10 Å². The summed E-state index contributed by atoms with van der Waals surface area (Å²) in [6.45, 7) is 12.1. The molecule has 3 N–H and O–H groups in total. The monoisotopic (exact) mass is 721 g/mol. The average molecular weight is 722 g/mol. The number of carboxylic acid groups (broad SMARTS) is 1. The van der Waals surface area contributed by atoms with Gasteiger partial charge in [0.15, 0.2) is 0 Å². The summed E-state index contributed by atoms with van der Waals surface area (Å²) in [5.41, 5.74) is 1.26. The van der Waals surface area contributed by atoms with E-state index in [2.05, 4.69) is 20.9 Å². The van der Waals surface area contributed by atoms with Crippen molar-refractivity contribution < 1.29 is 38.4 Å². The van der Waals surface area contributed by atoms with Gasteiger partial charge >= 0.3 is 12.1 Å². The molecule has 1 aromatic heterocycles. The normalized spacial score (nSPS) is 18.6. The first-order chi connectivity index (χ1) is 24.5. The van der Waals surface area contributed by atoms with Crippen molar-refractivity contribution in [1.29, 1.82) is 0 Å². The van der Waals surface area contributed by atoms with Crippen molar-refractivity contribution in [2.75, 3.05) is 59.8 Å². The van der Waals surface area contributed by atoms with E-state index in [9.17, 15) is 19.5 Å². The number of carbonyl (C=O) groups is 3. The van der Waals surface area contributed by atoms with Crippen LogP contribution in [0.15, 0.2) is 0 Å². The number of unbranched alkanes of at least 4 members (excludes halogenated alkanes) is 7. The highest BCUT2D eigenvalue weighted by molar-refractivity contribution is 5.81. The fraction of sp³-hybridized carbons (Fsp3) is 0.868. The number of amides is 2. The van der Waals surface area contributed by atoms with Crippen LogP contribution in [0.5, 0.6) is 0 Å². The van der Waals surface area contributed by atoms with Gasteiger partial charge in [-0.3, -0.25) is 9.59 Å². The highest BCUT2D eigenvalue weighted by Gasteiger charge is 2.50. The van der Waals surface area contributed by atoms with Crippen LogP contribution >= 0.6 is 0 Å². The Morgan fingerprint density at radius 2 is 1.33 bits per heavy atom. The maximum atomic E-state index is 12.7. The zero-order valence-electron chi connectivity index (χ0n) is 32.1. The molecule has 3 atom stereocenters. The molecular formula is C38H67N5O8. The van der Waals surface area contributed by atoms with Crippen LogP contribution in [0, 0.1) is 28.6 Å². The first kappa shape index (κ1) is 42.6. The molecule has 13 nitrogen and oxygen atoms in total. The summed E-state index contributed by atoms with van der Waals surface area (Å²) in [6, 6.07) is 0. The molecule has 0 aliphatic heterocycles. The third-order valence-corrected chi connectivity index (χ3v) is 10.7. The fourth-order valence-corrected chi connectivity index (χ4v) is 7.08. The first-order valence-electron chi connectivity index (χ1n) is 19.5. The number of fused-ring (bicyclic) bond motifs is 2. The van der Waals surface area contributed by atoms with Gasteiger partial charge in [-0.1, -0.05) is 70.4 Å². The molecule has 2 aliphatic rings. The van der Waals surface area contributed by atoms with Crippen molar-refractivity contribution in [2.24, 2.45) is 28.6 Å². The smallest absolute Gasteiger partial charge is 0.406 e. The molecule has 0 spiro atoms. The Bertz CT molecular complexity index is 1190. The summed E-state index contributed by atoms with van der Waals surface area (Å²) >= 11 is 0. The molecule has 51 heavy (non-hydrogen) atoms. The lowest BCUT2D eigenvalue weighted by molar-refractivity contribution is -0.147. The minimum absolute atomic E-state index is 0.0658. The summed E-state index contributed by atoms with van der Waals surface area (Å²) in [5.74, 6) is 1.02. The zero-order chi connectivity index (χ0) is 37.1. The van der Waals surface area contributed by atoms with Crippen molar-refractivity contribution in [3.05, 3.63) is 11.4 Å². The third-order valence-electron chi connectivity index (χ3n) is 10.7. The van der Waals surface area contributed by atoms with Crippen molar-refractivity contribution in [3.63, 3.8) is 0 Å². The van der Waals surface area contributed by atoms with E-state index in [1.54, 1.807) is 20.9 Å². The number of carbonyl (C=O) groups excluding carboxylic acids is 2. The van der Waals surface area contributed by atoms with Crippen LogP contribution in [-0.2, 0) is 47.9 Å². The van der Waals surface area contributed by atoms with Crippen LogP contribution in [0.4, 0.5) is 4.79 Å². The number of aliphatic carboxylic acids is 1. The summed E-state index contributed by atoms with van der Waals surface area (Å²) in [6.07, 6.45) is 14.1. The molecule has 292 valence electrons. The van der Waals surface area contributed by atoms with Gasteiger partial charge in [0.2, 0.25) is 5.91 Å². The molecule has 0 bridgehead atoms. The quantitative estimate of drug-likeness (QED) is 0.0978. The van der Waals surface area contributed by atoms with Crippen LogP contribution in [0.2, 0.25) is 0 Å². The Labute approximate surface area is 305 Å². The molecule has 2 aliphatic carbocycles. The van der Waals surface area contributed by atoms with E-state index in [0.717, 1.165) is 76.3 Å². The van der Waals surface area contributed by atoms with Gasteiger partial charge in [-0.05, 0) is 70.1 Å². The van der Waals surface area contributed by atoms with E-state index in [1.807, 2.05) is 18.5 Å². The molecule has 1 heterocycles. The molecule has 1 aromatic rings. The average Bonchev–Trinajstić information content (AvgIpc) is 3.60. The fourth-order valence-electron chi connectivity index (χ4n) is 7.08. The van der Waals surface area contributed by atoms with Crippen LogP contribution in [0.1, 0.15) is 116 Å². The molecule has 13 heteroatoms. The largest absolute Gasteiger partial charge is 0.481 e. The number of nitrogens with zero attached hydrogens (tertiary/aromatic N) is 3. The number of hydrogen-bond donors (Lipinski definition) is 3. The van der Waals surface area contributed by atoms with E-state index in [4.69, 9.17) is 18.9 Å². The van der Waals surface area contributed by atoms with E-state index >= 15 is 0 Å². The van der Waals surface area contributed by atoms with Gasteiger partial charge < -0.3 is 34.7 Å². The molecule has 0 saturated heterocycles. The predicted octanol–water partition coefficient (Wildman–Crippen LogP) is 5.58. The summed E-state index contributed by atoms with van der Waals surface area (Å²) in [4.78, 5) is 35.3. The van der Waals surface area contributed by atoms with E-state index in [-0.39, 0.29) is 12.0 Å². The Hall–Kier alpha value is -2.77. The number of rotatable bonds is 27. The molecule has 0 aromatic carbocycles. The van der Waals surface area contributed by atoms with Gasteiger partial charge in [0.05, 0.1) is 69.6 Å². The lowest BCUT2D eigenvalue weighted by Crippen LogP contribution is -2.38. The lowest BCUT2D eigenvalue weighted by Gasteiger charge is -2.23. The van der Waals surface area contributed by atoms with Crippen molar-refractivity contribution in [3.8, 4) is 0 Å². The van der Waals surface area contributed by atoms with Crippen molar-refractivity contribution in [2.45, 2.75) is 124 Å². The molecule has 2 amide bonds. The number of aryl methyl sites for hydroxylation is 1. The van der Waals surface area contributed by atoms with Gasteiger partial charge in [0, 0.05) is 19.0 Å². The number of alkyl carbamates (subject to hydrolysis) is 1. The second-order valence-electron chi connectivity index (χ2n) is 15.6. The molecular weight excluding hydrogens is 654 g/mol. The second kappa shape index (κ2) is 22.3. The Kier molecular flexibility index (Phi) is 18.7. The molecule has 0 radical (unpaired) electrons. The summed E-state index contributed by atoms with van der Waals surface area (Å²) in [5, 5.41) is 23.5. The summed E-state index contributed by atoms with van der Waals surface area (Å²) < 4.78 is 24.3. The van der Waals surface area contributed by atoms with Crippen LogP contribution in [-0.4, -0.2) is 97.9 Å². The summed E-state index contributed by atoms with van der Waals surface area (Å²) in [7, 11) is 1.58. The van der Waals surface area contributed by atoms with E-state index in [0.29, 0.717) is 77.1 Å². The highest BCUT2D eigenvalue weighted by Crippen LogP contribution is 2.52. The molecule has 1 fully saturated rings.